The molecule has 2 heterocycles. The molecule has 2 aliphatic rings. The minimum absolute atomic E-state index is 0.229. The molecule has 0 unspecified atom stereocenters. The summed E-state index contributed by atoms with van der Waals surface area (Å²) >= 11 is 3.24. The van der Waals surface area contributed by atoms with E-state index >= 15 is 0 Å². The largest absolute Gasteiger partial charge is 0.478 e. The van der Waals surface area contributed by atoms with Crippen LogP contribution < -0.4 is 9.80 Å². The first-order valence-corrected chi connectivity index (χ1v) is 17.5. The van der Waals surface area contributed by atoms with Crippen LogP contribution in [-0.4, -0.2) is 99.4 Å². The number of carbonyl (C=O) groups excluding carboxylic acids is 1. The third-order valence-corrected chi connectivity index (χ3v) is 11.8. The van der Waals surface area contributed by atoms with E-state index in [2.05, 4.69) is 61.6 Å². The number of ether oxygens (including phenoxy) is 1. The van der Waals surface area contributed by atoms with Crippen molar-refractivity contribution in [3.8, 4) is 0 Å². The SMILES string of the molecule is CCN(c1scc(C(=O)O)c1C)C1CCC(N(C)C)CC1.CCN(c1scc(C(=O)OC)c1C)C1CCC(N(C)C)CC1. The van der Waals surface area contributed by atoms with Gasteiger partial charge in [-0.25, -0.2) is 9.59 Å². The maximum atomic E-state index is 11.8. The van der Waals surface area contributed by atoms with E-state index in [1.165, 1.54) is 63.5 Å². The Morgan fingerprint density at radius 1 is 0.721 bits per heavy atom. The molecule has 0 aromatic carbocycles. The fraction of sp³-hybridized carbons (Fsp3) is 0.697. The molecule has 4 rings (SSSR count). The second kappa shape index (κ2) is 16.3. The van der Waals surface area contributed by atoms with Gasteiger partial charge >= 0.3 is 11.9 Å². The standard InChI is InChI=1S/C17H28N2O2S.C16H26N2O2S/c1-6-19(14-9-7-13(8-10-14)18(3)4)16-12(2)15(11-22-16)17(20)21-5;1-5-18(13-8-6-12(7-9-13)17(3)4)15-11(2)14(10-21-15)16(19)20/h11,13-14H,6-10H2,1-5H3;10,12-13H,5-9H2,1-4H3,(H,19,20). The molecule has 0 bridgehead atoms. The first kappa shape index (κ1) is 35.3. The van der Waals surface area contributed by atoms with Crippen LogP contribution in [0.4, 0.5) is 10.0 Å². The summed E-state index contributed by atoms with van der Waals surface area (Å²) in [6.07, 6.45) is 9.79. The van der Waals surface area contributed by atoms with Crippen LogP contribution in [0, 0.1) is 13.8 Å². The predicted molar refractivity (Wildman–Crippen MR) is 182 cm³/mol. The molecule has 43 heavy (non-hydrogen) atoms. The van der Waals surface area contributed by atoms with Crippen molar-refractivity contribution in [2.45, 2.75) is 103 Å². The summed E-state index contributed by atoms with van der Waals surface area (Å²) in [5.41, 5.74) is 3.15. The number of thiophene rings is 2. The van der Waals surface area contributed by atoms with Crippen molar-refractivity contribution >= 4 is 44.6 Å². The molecule has 0 saturated heterocycles. The number of anilines is 2. The molecule has 2 aliphatic carbocycles. The van der Waals surface area contributed by atoms with Crippen molar-refractivity contribution in [3.63, 3.8) is 0 Å². The van der Waals surface area contributed by atoms with Crippen molar-refractivity contribution in [3.05, 3.63) is 33.0 Å². The Morgan fingerprint density at radius 3 is 1.37 bits per heavy atom. The van der Waals surface area contributed by atoms with Crippen LogP contribution in [0.2, 0.25) is 0 Å². The molecule has 1 N–H and O–H groups in total. The number of hydrogen-bond acceptors (Lipinski definition) is 9. The van der Waals surface area contributed by atoms with Crippen LogP contribution in [0.3, 0.4) is 0 Å². The molecular formula is C33H54N4O4S2. The Kier molecular flexibility index (Phi) is 13.4. The van der Waals surface area contributed by atoms with E-state index in [0.29, 0.717) is 35.3 Å². The number of carboxylic acid groups (broad SMARTS) is 1. The van der Waals surface area contributed by atoms with Gasteiger partial charge in [-0.05, 0) is 118 Å². The number of methoxy groups -OCH3 is 1. The van der Waals surface area contributed by atoms with Crippen LogP contribution in [0.15, 0.2) is 10.8 Å². The number of aromatic carboxylic acids is 1. The van der Waals surface area contributed by atoms with Gasteiger partial charge < -0.3 is 29.4 Å². The lowest BCUT2D eigenvalue weighted by Gasteiger charge is -2.39. The zero-order valence-electron chi connectivity index (χ0n) is 27.8. The van der Waals surface area contributed by atoms with Crippen LogP contribution in [0.5, 0.6) is 0 Å². The summed E-state index contributed by atoms with van der Waals surface area (Å²) in [6.45, 7) is 10.3. The Labute approximate surface area is 267 Å². The van der Waals surface area contributed by atoms with Gasteiger partial charge in [-0.2, -0.15) is 0 Å². The quantitative estimate of drug-likeness (QED) is 0.280. The van der Waals surface area contributed by atoms with Crippen LogP contribution in [0.25, 0.3) is 0 Å². The smallest absolute Gasteiger partial charge is 0.339 e. The number of hydrogen-bond donors (Lipinski definition) is 1. The summed E-state index contributed by atoms with van der Waals surface area (Å²) in [7, 11) is 10.1. The number of esters is 1. The zero-order chi connectivity index (χ0) is 31.8. The highest BCUT2D eigenvalue weighted by atomic mass is 32.1. The van der Waals surface area contributed by atoms with Crippen LogP contribution >= 0.6 is 22.7 Å². The van der Waals surface area contributed by atoms with Gasteiger partial charge in [-0.15, -0.1) is 22.7 Å². The molecule has 0 radical (unpaired) electrons. The van der Waals surface area contributed by atoms with Crippen molar-refractivity contribution in [1.82, 2.24) is 9.80 Å². The molecule has 0 atom stereocenters. The van der Waals surface area contributed by atoms with Gasteiger partial charge in [0.15, 0.2) is 0 Å². The molecule has 2 aromatic heterocycles. The predicted octanol–water partition coefficient (Wildman–Crippen LogP) is 7.00. The molecule has 10 heteroatoms. The molecule has 242 valence electrons. The number of nitrogens with zero attached hydrogens (tertiary/aromatic N) is 4. The summed E-state index contributed by atoms with van der Waals surface area (Å²) in [5.74, 6) is -1.05. The van der Waals surface area contributed by atoms with Crippen molar-refractivity contribution in [1.29, 1.82) is 0 Å². The van der Waals surface area contributed by atoms with E-state index in [-0.39, 0.29) is 5.97 Å². The Morgan fingerprint density at radius 2 is 1.07 bits per heavy atom. The van der Waals surface area contributed by atoms with Crippen molar-refractivity contribution in [2.24, 2.45) is 0 Å². The van der Waals surface area contributed by atoms with Gasteiger partial charge in [0, 0.05) is 48.0 Å². The van der Waals surface area contributed by atoms with Crippen LogP contribution in [-0.2, 0) is 4.74 Å². The zero-order valence-corrected chi connectivity index (χ0v) is 29.4. The fourth-order valence-electron chi connectivity index (χ4n) is 6.81. The average molecular weight is 635 g/mol. The lowest BCUT2D eigenvalue weighted by Crippen LogP contribution is -2.42. The van der Waals surface area contributed by atoms with E-state index in [4.69, 9.17) is 4.74 Å². The highest BCUT2D eigenvalue weighted by Gasteiger charge is 2.30. The number of carboxylic acids is 1. The lowest BCUT2D eigenvalue weighted by atomic mass is 9.89. The van der Waals surface area contributed by atoms with E-state index in [9.17, 15) is 14.7 Å². The minimum Gasteiger partial charge on any atom is -0.478 e. The summed E-state index contributed by atoms with van der Waals surface area (Å²) in [6, 6.07) is 2.54. The maximum Gasteiger partial charge on any atom is 0.339 e. The normalized spacial score (nSPS) is 22.2. The molecule has 8 nitrogen and oxygen atoms in total. The first-order chi connectivity index (χ1) is 20.4. The van der Waals surface area contributed by atoms with Crippen molar-refractivity contribution in [2.75, 3.05) is 58.2 Å². The highest BCUT2D eigenvalue weighted by molar-refractivity contribution is 7.15. The lowest BCUT2D eigenvalue weighted by molar-refractivity contribution is 0.0599. The van der Waals surface area contributed by atoms with E-state index < -0.39 is 5.97 Å². The Balaban J connectivity index is 0.000000236. The highest BCUT2D eigenvalue weighted by Crippen LogP contribution is 2.37. The molecule has 0 amide bonds. The number of rotatable bonds is 10. The Bertz CT molecular complexity index is 1180. The summed E-state index contributed by atoms with van der Waals surface area (Å²) in [4.78, 5) is 32.6. The van der Waals surface area contributed by atoms with Gasteiger partial charge in [-0.3, -0.25) is 0 Å². The summed E-state index contributed by atoms with van der Waals surface area (Å²) < 4.78 is 4.87. The van der Waals surface area contributed by atoms with Crippen molar-refractivity contribution < 1.29 is 19.4 Å². The van der Waals surface area contributed by atoms with Gasteiger partial charge in [0.25, 0.3) is 0 Å². The van der Waals surface area contributed by atoms with E-state index in [0.717, 1.165) is 29.2 Å². The Hall–Kier alpha value is -2.14. The summed E-state index contributed by atoms with van der Waals surface area (Å²) in [5, 5.41) is 15.3. The van der Waals surface area contributed by atoms with E-state index in [1.54, 1.807) is 28.1 Å². The maximum absolute atomic E-state index is 11.8. The van der Waals surface area contributed by atoms with Gasteiger partial charge in [-0.1, -0.05) is 0 Å². The van der Waals surface area contributed by atoms with E-state index in [1.807, 2.05) is 19.2 Å². The van der Waals surface area contributed by atoms with Gasteiger partial charge in [0.1, 0.15) is 0 Å². The third kappa shape index (κ3) is 8.53. The molecule has 0 spiro atoms. The molecule has 2 saturated carbocycles. The first-order valence-electron chi connectivity index (χ1n) is 15.8. The monoisotopic (exact) mass is 634 g/mol. The average Bonchev–Trinajstić information content (AvgIpc) is 3.57. The third-order valence-electron chi connectivity index (χ3n) is 9.54. The van der Waals surface area contributed by atoms with Gasteiger partial charge in [0.2, 0.25) is 0 Å². The fourth-order valence-corrected chi connectivity index (χ4v) is 9.22. The molecule has 0 aliphatic heterocycles. The van der Waals surface area contributed by atoms with Gasteiger partial charge in [0.05, 0.1) is 28.2 Å². The molecule has 2 aromatic rings. The van der Waals surface area contributed by atoms with Crippen LogP contribution in [0.1, 0.15) is 97.1 Å². The second-order valence-electron chi connectivity index (χ2n) is 12.4. The molecule has 2 fully saturated rings. The molecular weight excluding hydrogens is 581 g/mol. The number of carbonyl (C=O) groups is 2. The topological polar surface area (TPSA) is 76.6 Å². The minimum atomic E-state index is -0.817. The second-order valence-corrected chi connectivity index (χ2v) is 14.1.